The van der Waals surface area contributed by atoms with Crippen molar-refractivity contribution in [2.24, 2.45) is 5.92 Å². The molecule has 0 aliphatic heterocycles. The van der Waals surface area contributed by atoms with Gasteiger partial charge in [0.25, 0.3) is 0 Å². The molecule has 0 radical (unpaired) electrons. The minimum absolute atomic E-state index is 0.285. The van der Waals surface area contributed by atoms with Crippen molar-refractivity contribution in [2.75, 3.05) is 0 Å². The first-order valence-electron chi connectivity index (χ1n) is 6.80. The van der Waals surface area contributed by atoms with E-state index in [1.54, 1.807) is 0 Å². The van der Waals surface area contributed by atoms with E-state index in [0.29, 0.717) is 5.92 Å². The Hall–Kier alpha value is -0.790. The van der Waals surface area contributed by atoms with Crippen molar-refractivity contribution < 1.29 is 4.74 Å². The number of nitrogens with zero attached hydrogens (tertiary/aromatic N) is 1. The topological polar surface area (TPSA) is 26.1 Å². The zero-order chi connectivity index (χ0) is 11.2. The summed E-state index contributed by atoms with van der Waals surface area (Å²) in [5.41, 5.74) is 0. The van der Waals surface area contributed by atoms with Gasteiger partial charge in [-0.05, 0) is 38.0 Å². The van der Waals surface area contributed by atoms with Crippen LogP contribution >= 0.6 is 0 Å². The van der Waals surface area contributed by atoms with Crippen LogP contribution in [0.5, 0.6) is 0 Å². The zero-order valence-electron chi connectivity index (χ0n) is 10.1. The first-order chi connectivity index (χ1) is 7.86. The molecule has 0 aromatic rings. The van der Waals surface area contributed by atoms with Crippen LogP contribution < -0.4 is 0 Å². The smallest absolute Gasteiger partial charge is 0.162 e. The molecule has 0 aromatic heterocycles. The fourth-order valence-electron chi connectivity index (χ4n) is 2.81. The molecule has 0 aromatic carbocycles. The number of allylic oxidation sites excluding steroid dienone is 2. The predicted molar refractivity (Wildman–Crippen MR) is 67.7 cm³/mol. The maximum atomic E-state index is 11.9. The van der Waals surface area contributed by atoms with Crippen molar-refractivity contribution in [3.8, 4) is 0 Å². The summed E-state index contributed by atoms with van der Waals surface area (Å²) >= 11 is 0. The van der Waals surface area contributed by atoms with Gasteiger partial charge in [0, 0.05) is 19.3 Å². The molecule has 16 heavy (non-hydrogen) atoms. The minimum atomic E-state index is 0.285. The lowest BCUT2D eigenvalue weighted by molar-refractivity contribution is -0.502. The molecule has 2 rings (SSSR count). The molecule has 1 saturated carbocycles. The lowest BCUT2D eigenvalue weighted by Gasteiger charge is -2.22. The molecule has 0 spiro atoms. The summed E-state index contributed by atoms with van der Waals surface area (Å²) in [6.45, 7) is 0. The van der Waals surface area contributed by atoms with E-state index in [1.807, 2.05) is 6.21 Å². The van der Waals surface area contributed by atoms with E-state index >= 15 is 0 Å². The molecule has 1 unspecified atom stereocenters. The number of rotatable bonds is 3. The van der Waals surface area contributed by atoms with Gasteiger partial charge in [0.05, 0.1) is 0 Å². The second kappa shape index (κ2) is 6.07. The summed E-state index contributed by atoms with van der Waals surface area (Å²) in [4.78, 5) is 0. The molecule has 2 aliphatic rings. The van der Waals surface area contributed by atoms with E-state index in [0.717, 1.165) is 25.7 Å². The van der Waals surface area contributed by atoms with Crippen LogP contribution in [-0.4, -0.2) is 17.0 Å². The van der Waals surface area contributed by atoms with E-state index in [9.17, 15) is 5.21 Å². The molecule has 90 valence electrons. The summed E-state index contributed by atoms with van der Waals surface area (Å²) in [5.74, 6) is 0.713. The lowest BCUT2D eigenvalue weighted by atomic mass is 9.92. The molecule has 2 heteroatoms. The Morgan fingerprint density at radius 1 is 1.12 bits per heavy atom. The van der Waals surface area contributed by atoms with Gasteiger partial charge in [-0.2, -0.15) is 0 Å². The zero-order valence-corrected chi connectivity index (χ0v) is 10.1. The second-order valence-corrected chi connectivity index (χ2v) is 5.22. The van der Waals surface area contributed by atoms with Crippen molar-refractivity contribution >= 4 is 6.21 Å². The first kappa shape index (κ1) is 11.7. The highest BCUT2D eigenvalue weighted by atomic mass is 16.5. The molecule has 0 amide bonds. The Labute approximate surface area is 98.6 Å². The van der Waals surface area contributed by atoms with Crippen molar-refractivity contribution in [1.29, 1.82) is 0 Å². The summed E-state index contributed by atoms with van der Waals surface area (Å²) in [5, 5.41) is 11.9. The fraction of sp³-hybridized carbons (Fsp3) is 0.786. The van der Waals surface area contributed by atoms with Gasteiger partial charge in [-0.25, -0.2) is 4.74 Å². The maximum Gasteiger partial charge on any atom is 0.162 e. The highest BCUT2D eigenvalue weighted by Gasteiger charge is 2.19. The molecule has 1 fully saturated rings. The summed E-state index contributed by atoms with van der Waals surface area (Å²) < 4.78 is 1.26. The molecule has 0 heterocycles. The molecule has 0 N–H and O–H groups in total. The van der Waals surface area contributed by atoms with Crippen LogP contribution in [0.3, 0.4) is 0 Å². The van der Waals surface area contributed by atoms with Gasteiger partial charge < -0.3 is 5.21 Å². The van der Waals surface area contributed by atoms with Gasteiger partial charge in [0.2, 0.25) is 0 Å². The molecule has 2 aliphatic carbocycles. The van der Waals surface area contributed by atoms with Gasteiger partial charge in [0.1, 0.15) is 0 Å². The van der Waals surface area contributed by atoms with Gasteiger partial charge >= 0.3 is 0 Å². The quantitative estimate of drug-likeness (QED) is 0.235. The largest absolute Gasteiger partial charge is 0.624 e. The predicted octanol–water partition coefficient (Wildman–Crippen LogP) is 3.65. The molecule has 0 saturated heterocycles. The first-order valence-corrected chi connectivity index (χ1v) is 6.80. The minimum Gasteiger partial charge on any atom is -0.624 e. The molecule has 0 bridgehead atoms. The highest BCUT2D eigenvalue weighted by molar-refractivity contribution is 5.52. The van der Waals surface area contributed by atoms with Crippen LogP contribution in [0.2, 0.25) is 0 Å². The molecular weight excluding hydrogens is 198 g/mol. The van der Waals surface area contributed by atoms with Crippen molar-refractivity contribution in [2.45, 2.75) is 63.8 Å². The third kappa shape index (κ3) is 3.36. The lowest BCUT2D eigenvalue weighted by Crippen LogP contribution is -2.25. The van der Waals surface area contributed by atoms with Crippen LogP contribution in [0.1, 0.15) is 57.8 Å². The number of hydroxylamine groups is 1. The highest BCUT2D eigenvalue weighted by Crippen LogP contribution is 2.22. The molecular formula is C14H23NO. The normalized spacial score (nSPS) is 28.2. The van der Waals surface area contributed by atoms with Crippen molar-refractivity contribution in [1.82, 2.24) is 0 Å². The summed E-state index contributed by atoms with van der Waals surface area (Å²) in [7, 11) is 0. The van der Waals surface area contributed by atoms with Crippen molar-refractivity contribution in [3.05, 3.63) is 17.4 Å². The SMILES string of the molecule is [O-]/[N+](=C\CC1CC=CCC1)C1CCCCC1. The average Bonchev–Trinajstić information content (AvgIpc) is 2.38. The van der Waals surface area contributed by atoms with Gasteiger partial charge in [0.15, 0.2) is 12.3 Å². The second-order valence-electron chi connectivity index (χ2n) is 5.22. The number of hydrogen-bond donors (Lipinski definition) is 0. The van der Waals surface area contributed by atoms with Crippen LogP contribution in [0.25, 0.3) is 0 Å². The molecule has 1 atom stereocenters. The number of hydrogen-bond acceptors (Lipinski definition) is 1. The third-order valence-electron chi connectivity index (χ3n) is 3.93. The Morgan fingerprint density at radius 3 is 2.62 bits per heavy atom. The van der Waals surface area contributed by atoms with Crippen LogP contribution in [-0.2, 0) is 0 Å². The van der Waals surface area contributed by atoms with Crippen LogP contribution in [0.15, 0.2) is 12.2 Å². The van der Waals surface area contributed by atoms with Crippen molar-refractivity contribution in [3.63, 3.8) is 0 Å². The standard InChI is InChI=1S/C14H23NO/c16-15(14-9-5-2-6-10-14)12-11-13-7-3-1-4-8-13/h1,3,12-14H,2,4-11H2/b15-12-. The molecule has 2 nitrogen and oxygen atoms in total. The van der Waals surface area contributed by atoms with E-state index in [-0.39, 0.29) is 6.04 Å². The summed E-state index contributed by atoms with van der Waals surface area (Å²) in [6.07, 6.45) is 17.0. The summed E-state index contributed by atoms with van der Waals surface area (Å²) in [6, 6.07) is 0.285. The Bertz CT molecular complexity index is 264. The fourth-order valence-corrected chi connectivity index (χ4v) is 2.81. The van der Waals surface area contributed by atoms with Gasteiger partial charge in [-0.15, -0.1) is 0 Å². The van der Waals surface area contributed by atoms with Gasteiger partial charge in [-0.3, -0.25) is 0 Å². The van der Waals surface area contributed by atoms with E-state index < -0.39 is 0 Å². The van der Waals surface area contributed by atoms with Crippen LogP contribution in [0.4, 0.5) is 0 Å². The van der Waals surface area contributed by atoms with Crippen LogP contribution in [0, 0.1) is 11.1 Å². The Morgan fingerprint density at radius 2 is 1.94 bits per heavy atom. The maximum absolute atomic E-state index is 11.9. The third-order valence-corrected chi connectivity index (χ3v) is 3.93. The monoisotopic (exact) mass is 221 g/mol. The van der Waals surface area contributed by atoms with Gasteiger partial charge in [-0.1, -0.05) is 18.6 Å². The average molecular weight is 221 g/mol. The van der Waals surface area contributed by atoms with E-state index in [4.69, 9.17) is 0 Å². The Kier molecular flexibility index (Phi) is 4.44. The van der Waals surface area contributed by atoms with E-state index in [2.05, 4.69) is 12.2 Å². The van der Waals surface area contributed by atoms with E-state index in [1.165, 1.54) is 36.8 Å². The Balaban J connectivity index is 1.78.